The van der Waals surface area contributed by atoms with E-state index in [1.807, 2.05) is 0 Å². The van der Waals surface area contributed by atoms with E-state index in [4.69, 9.17) is 35.2 Å². The maximum absolute atomic E-state index is 5.05. The van der Waals surface area contributed by atoms with E-state index in [1.165, 1.54) is 55.6 Å². The van der Waals surface area contributed by atoms with Gasteiger partial charge in [-0.25, -0.2) is 4.99 Å². The molecule has 1 heterocycles. The standard InChI is InChI=1S/C30H39N3.2ClH.Fe/c1-15-17(3)21(7)29(22(8)18(15)4)31-25(11)27-13-14-28(33-27)26(12)32-30-23(9)19(5)16(2)20(6)24(30)10;;;/h13H,14H2,1-12H3;2*1H;/q;;;+2/p-2. The molecular formula is C30H39Cl2FeN3. The van der Waals surface area contributed by atoms with E-state index in [1.54, 1.807) is 0 Å². The first-order valence-corrected chi connectivity index (χ1v) is 15.2. The molecule has 0 N–H and O–H groups in total. The van der Waals surface area contributed by atoms with Gasteiger partial charge in [-0.3, -0.25) is 9.98 Å². The predicted octanol–water partition coefficient (Wildman–Crippen LogP) is 9.76. The molecule has 1 aliphatic heterocycles. The molecule has 2 aromatic rings. The summed E-state index contributed by atoms with van der Waals surface area (Å²) in [6, 6.07) is 0. The van der Waals surface area contributed by atoms with Gasteiger partial charge in [0.05, 0.1) is 34.2 Å². The Morgan fingerprint density at radius 1 is 0.611 bits per heavy atom. The Bertz CT molecular complexity index is 1260. The van der Waals surface area contributed by atoms with Crippen molar-refractivity contribution in [2.75, 3.05) is 0 Å². The molecule has 0 unspecified atom stereocenters. The second kappa shape index (κ2) is 12.7. The maximum atomic E-state index is 5.05. The minimum absolute atomic E-state index is 0.194. The fourth-order valence-electron chi connectivity index (χ4n) is 4.64. The summed E-state index contributed by atoms with van der Waals surface area (Å²) in [6.45, 7) is 26.0. The Balaban J connectivity index is 0.00000145. The van der Waals surface area contributed by atoms with Gasteiger partial charge < -0.3 is 0 Å². The topological polar surface area (TPSA) is 37.1 Å². The van der Waals surface area contributed by atoms with Crippen molar-refractivity contribution in [3.05, 3.63) is 67.4 Å². The summed E-state index contributed by atoms with van der Waals surface area (Å²) < 4.78 is 0. The third-order valence-electron chi connectivity index (χ3n) is 8.01. The van der Waals surface area contributed by atoms with Crippen LogP contribution in [0.5, 0.6) is 0 Å². The van der Waals surface area contributed by atoms with Gasteiger partial charge in [0.25, 0.3) is 0 Å². The van der Waals surface area contributed by atoms with E-state index in [9.17, 15) is 0 Å². The summed E-state index contributed by atoms with van der Waals surface area (Å²) in [7, 11) is 9.53. The summed E-state index contributed by atoms with van der Waals surface area (Å²) in [5.74, 6) is 0. The van der Waals surface area contributed by atoms with Gasteiger partial charge >= 0.3 is 33.3 Å². The zero-order chi connectivity index (χ0) is 27.5. The first-order chi connectivity index (χ1) is 16.8. The summed E-state index contributed by atoms with van der Waals surface area (Å²) in [5.41, 5.74) is 19.2. The number of aliphatic imine (C=N–C) groups is 3. The van der Waals surface area contributed by atoms with Crippen LogP contribution in [0.2, 0.25) is 0 Å². The fourth-order valence-corrected chi connectivity index (χ4v) is 4.64. The van der Waals surface area contributed by atoms with E-state index in [0.29, 0.717) is 0 Å². The molecule has 0 bridgehead atoms. The molecule has 0 saturated carbocycles. The van der Waals surface area contributed by atoms with Crippen molar-refractivity contribution in [2.45, 2.75) is 89.5 Å². The molecule has 0 fully saturated rings. The minimum atomic E-state index is 0.194. The zero-order valence-corrected chi connectivity index (χ0v) is 26.4. The number of nitrogens with zero attached hydrogens (tertiary/aromatic N) is 3. The van der Waals surface area contributed by atoms with Gasteiger partial charge in [-0.2, -0.15) is 0 Å². The van der Waals surface area contributed by atoms with Crippen molar-refractivity contribution in [3.8, 4) is 0 Å². The van der Waals surface area contributed by atoms with Gasteiger partial charge in [0, 0.05) is 6.42 Å². The van der Waals surface area contributed by atoms with Crippen LogP contribution in [0.3, 0.4) is 0 Å². The quantitative estimate of drug-likeness (QED) is 0.260. The Morgan fingerprint density at radius 2 is 0.917 bits per heavy atom. The summed E-state index contributed by atoms with van der Waals surface area (Å²) in [4.78, 5) is 15.0. The van der Waals surface area contributed by atoms with E-state index in [-0.39, 0.29) is 13.1 Å². The Labute approximate surface area is 232 Å². The third-order valence-corrected chi connectivity index (χ3v) is 8.01. The number of hydrogen-bond acceptors (Lipinski definition) is 3. The first kappa shape index (κ1) is 30.5. The van der Waals surface area contributed by atoms with Crippen molar-refractivity contribution in [1.29, 1.82) is 0 Å². The van der Waals surface area contributed by atoms with E-state index in [2.05, 4.69) is 89.2 Å². The predicted molar refractivity (Wildman–Crippen MR) is 158 cm³/mol. The average molecular weight is 568 g/mol. The molecule has 6 heteroatoms. The number of halogens is 2. The SMILES string of the molecule is CC(=Nc1c(C)c(C)c(C)c(C)c1C)C1=CCC(C(C)=Nc2c(C)c(C)c(C)c(C)c2C)=N1.[Cl][Fe][Cl]. The molecule has 0 saturated heterocycles. The van der Waals surface area contributed by atoms with Gasteiger partial charge in [0.15, 0.2) is 0 Å². The summed E-state index contributed by atoms with van der Waals surface area (Å²) in [6.07, 6.45) is 2.97. The molecule has 3 nitrogen and oxygen atoms in total. The molecule has 36 heavy (non-hydrogen) atoms. The van der Waals surface area contributed by atoms with E-state index < -0.39 is 0 Å². The number of hydrogen-bond donors (Lipinski definition) is 0. The normalized spacial score (nSPS) is 14.1. The van der Waals surface area contributed by atoms with Crippen LogP contribution in [-0.2, 0) is 13.1 Å². The Kier molecular flexibility index (Phi) is 10.8. The molecule has 3 rings (SSSR count). The molecule has 0 aromatic heterocycles. The van der Waals surface area contributed by atoms with Crippen LogP contribution in [0.15, 0.2) is 26.8 Å². The third kappa shape index (κ3) is 6.22. The molecule has 0 radical (unpaired) electrons. The summed E-state index contributed by atoms with van der Waals surface area (Å²) in [5, 5.41) is 0. The van der Waals surface area contributed by atoms with Crippen molar-refractivity contribution in [1.82, 2.24) is 0 Å². The molecule has 196 valence electrons. The molecule has 0 aliphatic carbocycles. The fraction of sp³-hybridized carbons (Fsp3) is 0.433. The van der Waals surface area contributed by atoms with Crippen LogP contribution >= 0.6 is 20.2 Å². The molecule has 2 aromatic carbocycles. The van der Waals surface area contributed by atoms with Gasteiger partial charge in [-0.05, 0) is 139 Å². The van der Waals surface area contributed by atoms with Gasteiger partial charge in [0.1, 0.15) is 0 Å². The molecular weight excluding hydrogens is 529 g/mol. The second-order valence-electron chi connectivity index (χ2n) is 9.74. The van der Waals surface area contributed by atoms with Crippen molar-refractivity contribution in [3.63, 3.8) is 0 Å². The van der Waals surface area contributed by atoms with Crippen molar-refractivity contribution in [2.24, 2.45) is 15.0 Å². The van der Waals surface area contributed by atoms with Crippen LogP contribution in [-0.4, -0.2) is 17.1 Å². The molecule has 1 aliphatic rings. The van der Waals surface area contributed by atoms with Crippen LogP contribution in [0.4, 0.5) is 11.4 Å². The van der Waals surface area contributed by atoms with Crippen LogP contribution < -0.4 is 0 Å². The average Bonchev–Trinajstić information content (AvgIpc) is 3.35. The van der Waals surface area contributed by atoms with Crippen molar-refractivity contribution >= 4 is 48.7 Å². The Hall–Kier alpha value is -1.71. The van der Waals surface area contributed by atoms with Crippen molar-refractivity contribution < 1.29 is 13.1 Å². The molecule has 0 atom stereocenters. The second-order valence-corrected chi connectivity index (χ2v) is 11.6. The van der Waals surface area contributed by atoms with Crippen LogP contribution in [0, 0.1) is 69.2 Å². The number of allylic oxidation sites excluding steroid dienone is 2. The van der Waals surface area contributed by atoms with E-state index in [0.717, 1.165) is 40.6 Å². The monoisotopic (exact) mass is 567 g/mol. The van der Waals surface area contributed by atoms with Crippen LogP contribution in [0.25, 0.3) is 0 Å². The van der Waals surface area contributed by atoms with Crippen LogP contribution in [0.1, 0.15) is 75.9 Å². The van der Waals surface area contributed by atoms with Gasteiger partial charge in [-0.1, -0.05) is 6.08 Å². The Morgan fingerprint density at radius 3 is 1.28 bits per heavy atom. The number of rotatable bonds is 4. The zero-order valence-electron chi connectivity index (χ0n) is 23.7. The molecule has 0 amide bonds. The van der Waals surface area contributed by atoms with E-state index >= 15 is 0 Å². The molecule has 0 spiro atoms. The van der Waals surface area contributed by atoms with Gasteiger partial charge in [-0.15, -0.1) is 0 Å². The van der Waals surface area contributed by atoms with Gasteiger partial charge in [0.2, 0.25) is 0 Å². The first-order valence-electron chi connectivity index (χ1n) is 12.2. The summed E-state index contributed by atoms with van der Waals surface area (Å²) >= 11 is 0.194. The number of benzene rings is 2.